The van der Waals surface area contributed by atoms with Crippen LogP contribution in [0.25, 0.3) is 6.08 Å². The molecule has 3 rings (SSSR count). The molecule has 0 aliphatic carbocycles. The first kappa shape index (κ1) is 20.0. The van der Waals surface area contributed by atoms with E-state index in [0.717, 1.165) is 30.2 Å². The number of hydrogen-bond acceptors (Lipinski definition) is 4. The molecule has 1 aromatic rings. The van der Waals surface area contributed by atoms with Gasteiger partial charge < -0.3 is 4.90 Å². The Morgan fingerprint density at radius 3 is 2.63 bits per heavy atom. The summed E-state index contributed by atoms with van der Waals surface area (Å²) in [5, 5.41) is -0.160. The smallest absolute Gasteiger partial charge is 0.293 e. The lowest BCUT2D eigenvalue weighted by molar-refractivity contribution is -0.122. The molecular weight excluding hydrogens is 356 g/mol. The SMILES string of the molecule is CCCN1C(=O)S/C(=C\c2ccc3c(c2)[C@H](C)CC(C)(C)N3C(C)C)C1=O. The Kier molecular flexibility index (Phi) is 5.44. The maximum atomic E-state index is 12.5. The van der Waals surface area contributed by atoms with Crippen LogP contribution in [0.5, 0.6) is 0 Å². The first-order valence-corrected chi connectivity index (χ1v) is 10.7. The number of nitrogens with zero attached hydrogens (tertiary/aromatic N) is 2. The maximum absolute atomic E-state index is 12.5. The zero-order valence-corrected chi connectivity index (χ0v) is 18.0. The van der Waals surface area contributed by atoms with Gasteiger partial charge in [-0.3, -0.25) is 14.5 Å². The van der Waals surface area contributed by atoms with E-state index in [2.05, 4.69) is 57.7 Å². The van der Waals surface area contributed by atoms with Crippen molar-refractivity contribution in [1.82, 2.24) is 4.90 Å². The molecule has 1 aromatic carbocycles. The molecule has 0 spiro atoms. The largest absolute Gasteiger partial charge is 0.364 e. The minimum absolute atomic E-state index is 0.116. The van der Waals surface area contributed by atoms with Crippen molar-refractivity contribution < 1.29 is 9.59 Å². The van der Waals surface area contributed by atoms with Gasteiger partial charge in [0, 0.05) is 23.8 Å². The summed E-state index contributed by atoms with van der Waals surface area (Å²) in [6.07, 6.45) is 3.74. The molecule has 0 bridgehead atoms. The molecule has 0 saturated carbocycles. The van der Waals surface area contributed by atoms with Crippen LogP contribution in [-0.4, -0.2) is 34.2 Å². The molecule has 4 nitrogen and oxygen atoms in total. The first-order valence-electron chi connectivity index (χ1n) is 9.84. The second-order valence-electron chi connectivity index (χ2n) is 8.53. The normalized spacial score (nSPS) is 23.5. The van der Waals surface area contributed by atoms with E-state index in [0.29, 0.717) is 23.4 Å². The maximum Gasteiger partial charge on any atom is 0.293 e. The van der Waals surface area contributed by atoms with Gasteiger partial charge in [-0.05, 0) is 87.6 Å². The second-order valence-corrected chi connectivity index (χ2v) is 9.53. The van der Waals surface area contributed by atoms with Crippen molar-refractivity contribution in [2.45, 2.75) is 71.9 Å². The van der Waals surface area contributed by atoms with Gasteiger partial charge in [0.25, 0.3) is 11.1 Å². The number of fused-ring (bicyclic) bond motifs is 1. The minimum atomic E-state index is -0.164. The third-order valence-corrected chi connectivity index (χ3v) is 6.34. The summed E-state index contributed by atoms with van der Waals surface area (Å²) < 4.78 is 0. The van der Waals surface area contributed by atoms with Crippen LogP contribution in [0.15, 0.2) is 23.1 Å². The Morgan fingerprint density at radius 1 is 1.30 bits per heavy atom. The Labute approximate surface area is 167 Å². The predicted molar refractivity (Wildman–Crippen MR) is 114 cm³/mol. The van der Waals surface area contributed by atoms with Crippen molar-refractivity contribution in [2.75, 3.05) is 11.4 Å². The number of rotatable bonds is 4. The number of carbonyl (C=O) groups is 2. The summed E-state index contributed by atoms with van der Waals surface area (Å²) in [5.41, 5.74) is 3.71. The van der Waals surface area contributed by atoms with E-state index in [1.807, 2.05) is 13.0 Å². The average Bonchev–Trinajstić information content (AvgIpc) is 2.82. The quantitative estimate of drug-likeness (QED) is 0.629. The lowest BCUT2D eigenvalue weighted by Gasteiger charge is -2.50. The fourth-order valence-corrected chi connectivity index (χ4v) is 5.47. The van der Waals surface area contributed by atoms with Crippen LogP contribution in [0, 0.1) is 0 Å². The van der Waals surface area contributed by atoms with Crippen LogP contribution in [0.4, 0.5) is 10.5 Å². The number of amides is 2. The summed E-state index contributed by atoms with van der Waals surface area (Å²) in [7, 11) is 0. The highest BCUT2D eigenvalue weighted by Crippen LogP contribution is 2.45. The highest BCUT2D eigenvalue weighted by Gasteiger charge is 2.38. The third-order valence-electron chi connectivity index (χ3n) is 5.43. The number of imide groups is 1. The molecule has 0 unspecified atom stereocenters. The Bertz CT molecular complexity index is 798. The van der Waals surface area contributed by atoms with Crippen molar-refractivity contribution in [3.05, 3.63) is 34.2 Å². The fraction of sp³-hybridized carbons (Fsp3) is 0.545. The van der Waals surface area contributed by atoms with Gasteiger partial charge in [-0.25, -0.2) is 0 Å². The summed E-state index contributed by atoms with van der Waals surface area (Å²) in [4.78, 5) is 28.9. The average molecular weight is 387 g/mol. The summed E-state index contributed by atoms with van der Waals surface area (Å²) in [6.45, 7) is 13.8. The molecule has 0 N–H and O–H groups in total. The van der Waals surface area contributed by atoms with Gasteiger partial charge in [0.05, 0.1) is 4.91 Å². The molecule has 1 fully saturated rings. The lowest BCUT2D eigenvalue weighted by Crippen LogP contribution is -2.51. The van der Waals surface area contributed by atoms with E-state index in [9.17, 15) is 9.59 Å². The van der Waals surface area contributed by atoms with Gasteiger partial charge in [0.15, 0.2) is 0 Å². The standard InChI is InChI=1S/C22H30N2O2S/c1-7-10-23-20(25)19(27-21(23)26)12-16-8-9-18-17(11-16)15(4)13-22(5,6)24(18)14(2)3/h8-9,11-12,14-15H,7,10,13H2,1-6H3/b19-12-/t15-/m1/s1. The minimum Gasteiger partial charge on any atom is -0.364 e. The molecule has 146 valence electrons. The van der Waals surface area contributed by atoms with Crippen LogP contribution < -0.4 is 4.90 Å². The van der Waals surface area contributed by atoms with Crippen molar-refractivity contribution in [3.8, 4) is 0 Å². The summed E-state index contributed by atoms with van der Waals surface area (Å²) in [6, 6.07) is 6.85. The van der Waals surface area contributed by atoms with Crippen molar-refractivity contribution in [3.63, 3.8) is 0 Å². The molecule has 1 saturated heterocycles. The first-order chi connectivity index (χ1) is 12.7. The highest BCUT2D eigenvalue weighted by atomic mass is 32.2. The lowest BCUT2D eigenvalue weighted by atomic mass is 9.79. The van der Waals surface area contributed by atoms with Gasteiger partial charge in [0.1, 0.15) is 0 Å². The van der Waals surface area contributed by atoms with E-state index in [1.54, 1.807) is 0 Å². The van der Waals surface area contributed by atoms with Crippen LogP contribution in [0.2, 0.25) is 0 Å². The second kappa shape index (κ2) is 7.34. The zero-order chi connectivity index (χ0) is 19.9. The molecule has 2 amide bonds. The Hall–Kier alpha value is -1.75. The molecule has 27 heavy (non-hydrogen) atoms. The summed E-state index contributed by atoms with van der Waals surface area (Å²) >= 11 is 1.05. The monoisotopic (exact) mass is 386 g/mol. The van der Waals surface area contributed by atoms with Crippen molar-refractivity contribution >= 4 is 34.7 Å². The number of anilines is 1. The highest BCUT2D eigenvalue weighted by molar-refractivity contribution is 8.18. The summed E-state index contributed by atoms with van der Waals surface area (Å²) in [5.74, 6) is 0.288. The van der Waals surface area contributed by atoms with Gasteiger partial charge in [-0.2, -0.15) is 0 Å². The Morgan fingerprint density at radius 2 is 2.00 bits per heavy atom. The van der Waals surface area contributed by atoms with E-state index in [4.69, 9.17) is 0 Å². The molecule has 1 atom stereocenters. The van der Waals surface area contributed by atoms with Crippen LogP contribution in [0.1, 0.15) is 71.4 Å². The van der Waals surface area contributed by atoms with Crippen LogP contribution >= 0.6 is 11.8 Å². The molecule has 2 heterocycles. The van der Waals surface area contributed by atoms with Gasteiger partial charge >= 0.3 is 0 Å². The fourth-order valence-electron chi connectivity index (χ4n) is 4.61. The topological polar surface area (TPSA) is 40.6 Å². The van der Waals surface area contributed by atoms with Gasteiger partial charge in [-0.15, -0.1) is 0 Å². The molecular formula is C22H30N2O2S. The molecule has 0 aromatic heterocycles. The Balaban J connectivity index is 1.96. The molecule has 2 aliphatic heterocycles. The van der Waals surface area contributed by atoms with Crippen molar-refractivity contribution in [2.24, 2.45) is 0 Å². The van der Waals surface area contributed by atoms with Crippen LogP contribution in [0.3, 0.4) is 0 Å². The van der Waals surface area contributed by atoms with Crippen molar-refractivity contribution in [1.29, 1.82) is 0 Å². The third kappa shape index (κ3) is 3.66. The van der Waals surface area contributed by atoms with E-state index < -0.39 is 0 Å². The van der Waals surface area contributed by atoms with E-state index in [-0.39, 0.29) is 16.7 Å². The van der Waals surface area contributed by atoms with Gasteiger partial charge in [0.2, 0.25) is 0 Å². The number of benzene rings is 1. The zero-order valence-electron chi connectivity index (χ0n) is 17.2. The number of thioether (sulfide) groups is 1. The van der Waals surface area contributed by atoms with E-state index in [1.165, 1.54) is 16.2 Å². The van der Waals surface area contributed by atoms with Gasteiger partial charge in [-0.1, -0.05) is 19.9 Å². The predicted octanol–water partition coefficient (Wildman–Crippen LogP) is 5.63. The molecule has 5 heteroatoms. The van der Waals surface area contributed by atoms with E-state index >= 15 is 0 Å². The molecule has 2 aliphatic rings. The van der Waals surface area contributed by atoms with Crippen LogP contribution in [-0.2, 0) is 4.79 Å². The number of carbonyl (C=O) groups excluding carboxylic acids is 2. The molecule has 0 radical (unpaired) electrons. The number of hydrogen-bond donors (Lipinski definition) is 0.